The lowest BCUT2D eigenvalue weighted by Gasteiger charge is -2.38. The molecule has 5 atom stereocenters. The van der Waals surface area contributed by atoms with E-state index in [1.54, 1.807) is 0 Å². The first-order chi connectivity index (χ1) is 15.0. The van der Waals surface area contributed by atoms with Gasteiger partial charge in [-0.1, -0.05) is 60.2 Å². The second-order valence-corrected chi connectivity index (χ2v) is 8.95. The Hall–Kier alpha value is -3.21. The third kappa shape index (κ3) is 3.48. The lowest BCUT2D eigenvalue weighted by Crippen LogP contribution is -2.49. The van der Waals surface area contributed by atoms with Gasteiger partial charge in [-0.05, 0) is 49.3 Å². The number of rotatable bonds is 5. The van der Waals surface area contributed by atoms with Gasteiger partial charge in [-0.15, -0.1) is 0 Å². The van der Waals surface area contributed by atoms with E-state index < -0.39 is 6.04 Å². The minimum Gasteiger partial charge on any atom is -0.324 e. The summed E-state index contributed by atoms with van der Waals surface area (Å²) in [5.74, 6) is -1.12. The van der Waals surface area contributed by atoms with Crippen LogP contribution in [0.25, 0.3) is 0 Å². The van der Waals surface area contributed by atoms with Gasteiger partial charge in [-0.25, -0.2) is 0 Å². The standard InChI is InChI=1S/C26H26N2O3/c1-16-7-13-20(14-8-16)27-24(29)21(15-17-5-3-2-4-6-17)28-25(30)22-18-9-10-19(12-11-18)23(22)26(28)31/h2-10,13-14,18-19,21-23H,11-12,15H2,1H3,(H,27,29)/t18-,19-,21-,22-,23-/m0/s1. The molecule has 2 bridgehead atoms. The predicted octanol–water partition coefficient (Wildman–Crippen LogP) is 3.74. The van der Waals surface area contributed by atoms with Crippen LogP contribution in [0.2, 0.25) is 0 Å². The Morgan fingerprint density at radius 2 is 1.52 bits per heavy atom. The highest BCUT2D eigenvalue weighted by atomic mass is 16.2. The van der Waals surface area contributed by atoms with Gasteiger partial charge in [0.15, 0.2) is 0 Å². The number of hydrogen-bond donors (Lipinski definition) is 1. The maximum absolute atomic E-state index is 13.5. The number of carbonyl (C=O) groups excluding carboxylic acids is 3. The molecular formula is C26H26N2O3. The van der Waals surface area contributed by atoms with Crippen LogP contribution in [0.3, 0.4) is 0 Å². The van der Waals surface area contributed by atoms with E-state index in [0.717, 1.165) is 24.0 Å². The number of benzene rings is 2. The third-order valence-corrected chi connectivity index (χ3v) is 7.00. The summed E-state index contributed by atoms with van der Waals surface area (Å²) < 4.78 is 0. The number of likely N-dealkylation sites (tertiary alicyclic amines) is 1. The number of nitrogens with one attached hydrogen (secondary N) is 1. The monoisotopic (exact) mass is 414 g/mol. The van der Waals surface area contributed by atoms with Crippen molar-refractivity contribution in [1.29, 1.82) is 0 Å². The van der Waals surface area contributed by atoms with Gasteiger partial charge in [0.25, 0.3) is 0 Å². The van der Waals surface area contributed by atoms with Crippen LogP contribution < -0.4 is 5.32 Å². The van der Waals surface area contributed by atoms with Crippen molar-refractivity contribution in [2.24, 2.45) is 23.7 Å². The summed E-state index contributed by atoms with van der Waals surface area (Å²) in [6, 6.07) is 16.2. The number of nitrogens with zero attached hydrogens (tertiary/aromatic N) is 1. The molecule has 1 saturated carbocycles. The van der Waals surface area contributed by atoms with E-state index in [9.17, 15) is 14.4 Å². The van der Waals surface area contributed by atoms with Crippen LogP contribution in [-0.4, -0.2) is 28.7 Å². The molecule has 3 amide bonds. The molecule has 1 heterocycles. The number of anilines is 1. The molecular weight excluding hydrogens is 388 g/mol. The molecule has 0 radical (unpaired) electrons. The normalized spacial score (nSPS) is 27.3. The van der Waals surface area contributed by atoms with Crippen molar-refractivity contribution in [3.8, 4) is 0 Å². The maximum Gasteiger partial charge on any atom is 0.248 e. The average molecular weight is 415 g/mol. The Morgan fingerprint density at radius 1 is 0.935 bits per heavy atom. The molecule has 4 aliphatic rings. The Kier molecular flexibility index (Phi) is 4.97. The largest absolute Gasteiger partial charge is 0.324 e. The summed E-state index contributed by atoms with van der Waals surface area (Å²) in [5, 5.41) is 2.93. The lowest BCUT2D eigenvalue weighted by molar-refractivity contribution is -0.146. The van der Waals surface area contributed by atoms with Crippen LogP contribution in [0.1, 0.15) is 24.0 Å². The number of carbonyl (C=O) groups is 3. The zero-order valence-electron chi connectivity index (χ0n) is 17.5. The molecule has 0 spiro atoms. The molecule has 1 saturated heterocycles. The van der Waals surface area contributed by atoms with Gasteiger partial charge < -0.3 is 5.32 Å². The Morgan fingerprint density at radius 3 is 2.06 bits per heavy atom. The first-order valence-electron chi connectivity index (χ1n) is 11.0. The van der Waals surface area contributed by atoms with Gasteiger partial charge in [-0.3, -0.25) is 19.3 Å². The van der Waals surface area contributed by atoms with Crippen molar-refractivity contribution in [2.75, 3.05) is 5.32 Å². The van der Waals surface area contributed by atoms with E-state index in [1.807, 2.05) is 61.5 Å². The average Bonchev–Trinajstić information content (AvgIpc) is 3.07. The van der Waals surface area contributed by atoms with Gasteiger partial charge in [0.05, 0.1) is 11.8 Å². The van der Waals surface area contributed by atoms with Crippen molar-refractivity contribution < 1.29 is 14.4 Å². The molecule has 158 valence electrons. The Labute approximate surface area is 182 Å². The van der Waals surface area contributed by atoms with Crippen molar-refractivity contribution in [1.82, 2.24) is 4.90 Å². The zero-order chi connectivity index (χ0) is 21.5. The fourth-order valence-electron chi connectivity index (χ4n) is 5.41. The van der Waals surface area contributed by atoms with Crippen molar-refractivity contribution in [3.63, 3.8) is 0 Å². The Balaban J connectivity index is 1.46. The van der Waals surface area contributed by atoms with Gasteiger partial charge >= 0.3 is 0 Å². The highest BCUT2D eigenvalue weighted by molar-refractivity contribution is 6.10. The van der Waals surface area contributed by atoms with E-state index in [0.29, 0.717) is 12.1 Å². The molecule has 0 unspecified atom stereocenters. The van der Waals surface area contributed by atoms with Crippen LogP contribution >= 0.6 is 0 Å². The van der Waals surface area contributed by atoms with Crippen LogP contribution in [-0.2, 0) is 20.8 Å². The van der Waals surface area contributed by atoms with E-state index in [4.69, 9.17) is 0 Å². The minimum atomic E-state index is -0.867. The number of hydrogen-bond acceptors (Lipinski definition) is 3. The van der Waals surface area contributed by atoms with E-state index in [2.05, 4.69) is 17.5 Å². The number of amides is 3. The van der Waals surface area contributed by atoms with Gasteiger partial charge in [0, 0.05) is 12.1 Å². The van der Waals surface area contributed by atoms with E-state index >= 15 is 0 Å². The van der Waals surface area contributed by atoms with E-state index in [1.165, 1.54) is 4.90 Å². The second kappa shape index (κ2) is 7.80. The number of aryl methyl sites for hydroxylation is 1. The van der Waals surface area contributed by atoms with Crippen LogP contribution in [0.5, 0.6) is 0 Å². The summed E-state index contributed by atoms with van der Waals surface area (Å²) in [6.45, 7) is 1.98. The fraction of sp³-hybridized carbons (Fsp3) is 0.346. The topological polar surface area (TPSA) is 66.5 Å². The quantitative estimate of drug-likeness (QED) is 0.599. The first kappa shape index (κ1) is 19.7. The van der Waals surface area contributed by atoms with Gasteiger partial charge in [0.2, 0.25) is 17.7 Å². The zero-order valence-corrected chi connectivity index (χ0v) is 17.5. The first-order valence-corrected chi connectivity index (χ1v) is 11.0. The van der Waals surface area contributed by atoms with Crippen LogP contribution in [0.4, 0.5) is 5.69 Å². The predicted molar refractivity (Wildman–Crippen MR) is 118 cm³/mol. The molecule has 3 aliphatic carbocycles. The summed E-state index contributed by atoms with van der Waals surface area (Å²) in [7, 11) is 0. The molecule has 5 heteroatoms. The molecule has 6 rings (SSSR count). The number of fused-ring (bicyclic) bond motifs is 1. The molecule has 1 aliphatic heterocycles. The molecule has 2 aromatic rings. The van der Waals surface area contributed by atoms with Crippen molar-refractivity contribution in [3.05, 3.63) is 77.9 Å². The van der Waals surface area contributed by atoms with Crippen LogP contribution in [0, 0.1) is 30.6 Å². The van der Waals surface area contributed by atoms with E-state index in [-0.39, 0.29) is 41.4 Å². The summed E-state index contributed by atoms with van der Waals surface area (Å²) in [6.07, 6.45) is 6.38. The number of imide groups is 1. The highest BCUT2D eigenvalue weighted by Crippen LogP contribution is 2.50. The Bertz CT molecular complexity index is 1010. The summed E-state index contributed by atoms with van der Waals surface area (Å²) in [5.41, 5.74) is 2.67. The maximum atomic E-state index is 13.5. The summed E-state index contributed by atoms with van der Waals surface area (Å²) in [4.78, 5) is 41.6. The second-order valence-electron chi connectivity index (χ2n) is 8.95. The fourth-order valence-corrected chi connectivity index (χ4v) is 5.41. The van der Waals surface area contributed by atoms with Crippen molar-refractivity contribution in [2.45, 2.75) is 32.2 Å². The SMILES string of the molecule is Cc1ccc(NC(=O)[C@H](Cc2ccccc2)N2C(=O)[C@@H]3[C@@H](C2=O)[C@H]2C=C[C@H]3CC2)cc1. The smallest absolute Gasteiger partial charge is 0.248 e. The summed E-state index contributed by atoms with van der Waals surface area (Å²) >= 11 is 0. The number of allylic oxidation sites excluding steroid dienone is 2. The molecule has 1 N–H and O–H groups in total. The van der Waals surface area contributed by atoms with Crippen molar-refractivity contribution >= 4 is 23.4 Å². The lowest BCUT2D eigenvalue weighted by atomic mass is 9.63. The third-order valence-electron chi connectivity index (χ3n) is 7.00. The van der Waals surface area contributed by atoms with Crippen LogP contribution in [0.15, 0.2) is 66.7 Å². The van der Waals surface area contributed by atoms with Gasteiger partial charge in [0.1, 0.15) is 6.04 Å². The minimum absolute atomic E-state index is 0.106. The molecule has 31 heavy (non-hydrogen) atoms. The molecule has 5 nitrogen and oxygen atoms in total. The highest BCUT2D eigenvalue weighted by Gasteiger charge is 2.58. The molecule has 0 aromatic heterocycles. The molecule has 2 aromatic carbocycles. The van der Waals surface area contributed by atoms with Gasteiger partial charge in [-0.2, -0.15) is 0 Å². The molecule has 2 fully saturated rings.